The maximum atomic E-state index is 9.34. The Labute approximate surface area is 102 Å². The third-order valence-corrected chi connectivity index (χ3v) is 2.69. The summed E-state index contributed by atoms with van der Waals surface area (Å²) >= 11 is 5.92. The Balaban J connectivity index is 2.53. The van der Waals surface area contributed by atoms with Crippen molar-refractivity contribution in [3.05, 3.63) is 34.9 Å². The Hall–Kier alpha value is -0.570. The molecule has 90 valence electrons. The second kappa shape index (κ2) is 6.89. The van der Waals surface area contributed by atoms with Gasteiger partial charge in [0.15, 0.2) is 0 Å². The van der Waals surface area contributed by atoms with Crippen molar-refractivity contribution in [3.63, 3.8) is 0 Å². The molecule has 0 bridgehead atoms. The largest absolute Gasteiger partial charge is 0.396 e. The van der Waals surface area contributed by atoms with Gasteiger partial charge in [0, 0.05) is 17.5 Å². The van der Waals surface area contributed by atoms with Crippen molar-refractivity contribution in [3.8, 4) is 0 Å². The van der Waals surface area contributed by atoms with Gasteiger partial charge < -0.3 is 9.84 Å². The van der Waals surface area contributed by atoms with Gasteiger partial charge in [-0.15, -0.1) is 0 Å². The smallest absolute Gasteiger partial charge is 0.0518 e. The van der Waals surface area contributed by atoms with Crippen LogP contribution in [0.15, 0.2) is 24.3 Å². The fourth-order valence-electron chi connectivity index (χ4n) is 1.57. The average molecular weight is 243 g/mol. The van der Waals surface area contributed by atoms with Gasteiger partial charge in [0.25, 0.3) is 0 Å². The standard InChI is InChI=1S/C13H19ClO2/c1-10(2)16-7-6-12(9-15)11-4-3-5-13(14)8-11/h3-5,8,10,12,15H,6-7,9H2,1-2H3. The summed E-state index contributed by atoms with van der Waals surface area (Å²) < 4.78 is 5.48. The molecular formula is C13H19ClO2. The predicted octanol–water partition coefficient (Wildman–Crippen LogP) is 3.23. The molecule has 0 heterocycles. The van der Waals surface area contributed by atoms with E-state index in [1.54, 1.807) is 0 Å². The van der Waals surface area contributed by atoms with Crippen LogP contribution < -0.4 is 0 Å². The zero-order valence-corrected chi connectivity index (χ0v) is 10.6. The third kappa shape index (κ3) is 4.52. The lowest BCUT2D eigenvalue weighted by molar-refractivity contribution is 0.0691. The van der Waals surface area contributed by atoms with E-state index in [0.29, 0.717) is 11.6 Å². The minimum Gasteiger partial charge on any atom is -0.396 e. The number of benzene rings is 1. The van der Waals surface area contributed by atoms with Crippen molar-refractivity contribution in [1.82, 2.24) is 0 Å². The first-order valence-electron chi connectivity index (χ1n) is 5.61. The summed E-state index contributed by atoms with van der Waals surface area (Å²) in [5.41, 5.74) is 1.07. The van der Waals surface area contributed by atoms with E-state index in [-0.39, 0.29) is 18.6 Å². The molecule has 0 aromatic heterocycles. The lowest BCUT2D eigenvalue weighted by atomic mass is 9.97. The van der Waals surface area contributed by atoms with Crippen molar-refractivity contribution >= 4 is 11.6 Å². The Morgan fingerprint density at radius 2 is 2.12 bits per heavy atom. The van der Waals surface area contributed by atoms with Crippen molar-refractivity contribution in [1.29, 1.82) is 0 Å². The van der Waals surface area contributed by atoms with E-state index in [1.165, 1.54) is 0 Å². The molecule has 1 atom stereocenters. The molecule has 0 fully saturated rings. The molecule has 16 heavy (non-hydrogen) atoms. The highest BCUT2D eigenvalue weighted by atomic mass is 35.5. The number of rotatable bonds is 6. The fraction of sp³-hybridized carbons (Fsp3) is 0.538. The first-order valence-corrected chi connectivity index (χ1v) is 5.99. The summed E-state index contributed by atoms with van der Waals surface area (Å²) in [5, 5.41) is 10.0. The lowest BCUT2D eigenvalue weighted by Gasteiger charge is -2.16. The van der Waals surface area contributed by atoms with Crippen molar-refractivity contribution in [2.45, 2.75) is 32.3 Å². The van der Waals surface area contributed by atoms with E-state index in [2.05, 4.69) is 0 Å². The number of hydrogen-bond donors (Lipinski definition) is 1. The number of hydrogen-bond acceptors (Lipinski definition) is 2. The Morgan fingerprint density at radius 3 is 2.69 bits per heavy atom. The van der Waals surface area contributed by atoms with Gasteiger partial charge in [-0.25, -0.2) is 0 Å². The summed E-state index contributed by atoms with van der Waals surface area (Å²) in [6.07, 6.45) is 1.05. The van der Waals surface area contributed by atoms with Gasteiger partial charge in [-0.2, -0.15) is 0 Å². The second-order valence-corrected chi connectivity index (χ2v) is 4.58. The summed E-state index contributed by atoms with van der Waals surface area (Å²) in [6.45, 7) is 4.80. The highest BCUT2D eigenvalue weighted by Gasteiger charge is 2.10. The van der Waals surface area contributed by atoms with Crippen LogP contribution in [0.4, 0.5) is 0 Å². The van der Waals surface area contributed by atoms with Gasteiger partial charge >= 0.3 is 0 Å². The number of ether oxygens (including phenoxy) is 1. The molecule has 2 nitrogen and oxygen atoms in total. The third-order valence-electron chi connectivity index (χ3n) is 2.46. The van der Waals surface area contributed by atoms with E-state index >= 15 is 0 Å². The van der Waals surface area contributed by atoms with Crippen molar-refractivity contribution in [2.75, 3.05) is 13.2 Å². The molecule has 1 unspecified atom stereocenters. The van der Waals surface area contributed by atoms with Gasteiger partial charge in [-0.1, -0.05) is 23.7 Å². The molecule has 1 aromatic rings. The molecule has 1 aromatic carbocycles. The molecule has 1 N–H and O–H groups in total. The Morgan fingerprint density at radius 1 is 1.38 bits per heavy atom. The first kappa shape index (κ1) is 13.5. The van der Waals surface area contributed by atoms with E-state index in [0.717, 1.165) is 12.0 Å². The zero-order chi connectivity index (χ0) is 12.0. The average Bonchev–Trinajstić information content (AvgIpc) is 2.24. The molecule has 0 saturated carbocycles. The quantitative estimate of drug-likeness (QED) is 0.830. The molecule has 0 amide bonds. The summed E-state index contributed by atoms with van der Waals surface area (Å²) in [4.78, 5) is 0. The van der Waals surface area contributed by atoms with Gasteiger partial charge in [0.2, 0.25) is 0 Å². The molecule has 0 saturated heterocycles. The van der Waals surface area contributed by atoms with E-state index in [9.17, 15) is 5.11 Å². The van der Waals surface area contributed by atoms with E-state index in [1.807, 2.05) is 38.1 Å². The maximum Gasteiger partial charge on any atom is 0.0518 e. The summed E-state index contributed by atoms with van der Waals surface area (Å²) in [5.74, 6) is 0.109. The molecule has 0 aliphatic carbocycles. The summed E-state index contributed by atoms with van der Waals surface area (Å²) in [6, 6.07) is 7.63. The highest BCUT2D eigenvalue weighted by molar-refractivity contribution is 6.30. The topological polar surface area (TPSA) is 29.5 Å². The van der Waals surface area contributed by atoms with Crippen LogP contribution in [0.5, 0.6) is 0 Å². The minimum absolute atomic E-state index is 0.109. The first-order chi connectivity index (χ1) is 7.63. The molecule has 0 aliphatic heterocycles. The van der Waals surface area contributed by atoms with Gasteiger partial charge in [-0.3, -0.25) is 0 Å². The van der Waals surface area contributed by atoms with Gasteiger partial charge in [0.05, 0.1) is 12.7 Å². The maximum absolute atomic E-state index is 9.34. The van der Waals surface area contributed by atoms with Crippen LogP contribution in [0.2, 0.25) is 5.02 Å². The van der Waals surface area contributed by atoms with Crippen LogP contribution >= 0.6 is 11.6 Å². The van der Waals surface area contributed by atoms with Crippen LogP contribution in [0.1, 0.15) is 31.7 Å². The van der Waals surface area contributed by atoms with Crippen molar-refractivity contribution < 1.29 is 9.84 Å². The molecule has 3 heteroatoms. The number of aliphatic hydroxyl groups excluding tert-OH is 1. The normalized spacial score (nSPS) is 13.1. The molecule has 0 spiro atoms. The molecule has 0 radical (unpaired) electrons. The van der Waals surface area contributed by atoms with Crippen LogP contribution in [0.3, 0.4) is 0 Å². The predicted molar refractivity (Wildman–Crippen MR) is 67.0 cm³/mol. The van der Waals surface area contributed by atoms with Crippen LogP contribution in [0.25, 0.3) is 0 Å². The molecule has 0 aliphatic rings. The number of aliphatic hydroxyl groups is 1. The highest BCUT2D eigenvalue weighted by Crippen LogP contribution is 2.22. The van der Waals surface area contributed by atoms with Crippen LogP contribution in [0, 0.1) is 0 Å². The van der Waals surface area contributed by atoms with Gasteiger partial charge in [-0.05, 0) is 38.0 Å². The number of halogens is 1. The molecule has 1 rings (SSSR count). The lowest BCUT2D eigenvalue weighted by Crippen LogP contribution is -2.11. The monoisotopic (exact) mass is 242 g/mol. The van der Waals surface area contributed by atoms with Crippen LogP contribution in [-0.4, -0.2) is 24.4 Å². The van der Waals surface area contributed by atoms with E-state index < -0.39 is 0 Å². The molecular weight excluding hydrogens is 224 g/mol. The second-order valence-electron chi connectivity index (χ2n) is 4.14. The van der Waals surface area contributed by atoms with Crippen molar-refractivity contribution in [2.24, 2.45) is 0 Å². The SMILES string of the molecule is CC(C)OCCC(CO)c1cccc(Cl)c1. The van der Waals surface area contributed by atoms with E-state index in [4.69, 9.17) is 16.3 Å². The zero-order valence-electron chi connectivity index (χ0n) is 9.82. The Bertz CT molecular complexity index is 313. The Kier molecular flexibility index (Phi) is 5.81. The fourth-order valence-corrected chi connectivity index (χ4v) is 1.77. The van der Waals surface area contributed by atoms with Gasteiger partial charge in [0.1, 0.15) is 0 Å². The minimum atomic E-state index is 0.109. The summed E-state index contributed by atoms with van der Waals surface area (Å²) in [7, 11) is 0. The van der Waals surface area contributed by atoms with Crippen LogP contribution in [-0.2, 0) is 4.74 Å².